The highest BCUT2D eigenvalue weighted by molar-refractivity contribution is 9.10. The summed E-state index contributed by atoms with van der Waals surface area (Å²) in [7, 11) is -1.21. The van der Waals surface area contributed by atoms with Crippen LogP contribution in [0.4, 0.5) is 13.6 Å². The molecule has 1 amide bonds. The van der Waals surface area contributed by atoms with Gasteiger partial charge in [-0.1, -0.05) is 47.3 Å². The number of nitrogens with one attached hydrogen (secondary N) is 1. The number of halogens is 3. The Morgan fingerprint density at radius 2 is 2.19 bits per heavy atom. The van der Waals surface area contributed by atoms with Crippen molar-refractivity contribution in [1.29, 1.82) is 0 Å². The lowest BCUT2D eigenvalue weighted by atomic mass is 9.84. The summed E-state index contributed by atoms with van der Waals surface area (Å²) >= 11 is 6.54. The molecule has 32 heavy (non-hydrogen) atoms. The second-order valence-corrected chi connectivity index (χ2v) is 18.5. The van der Waals surface area contributed by atoms with E-state index in [1.807, 2.05) is 0 Å². The molecule has 1 saturated heterocycles. The van der Waals surface area contributed by atoms with E-state index >= 15 is 0 Å². The van der Waals surface area contributed by atoms with Crippen LogP contribution in [0.5, 0.6) is 0 Å². The van der Waals surface area contributed by atoms with Gasteiger partial charge in [-0.15, -0.1) is 0 Å². The first kappa shape index (κ1) is 24.5. The van der Waals surface area contributed by atoms with Crippen molar-refractivity contribution in [1.82, 2.24) is 5.32 Å². The van der Waals surface area contributed by atoms with Gasteiger partial charge in [0.05, 0.1) is 0 Å². The smallest absolute Gasteiger partial charge is 0.385 e. The number of ether oxygens (including phenoxy) is 2. The molecule has 0 bridgehead atoms. The highest BCUT2D eigenvalue weighted by Gasteiger charge is 2.77. The first-order valence-corrected chi connectivity index (χ1v) is 17.0. The van der Waals surface area contributed by atoms with Crippen LogP contribution >= 0.6 is 39.5 Å². The molecule has 1 spiro atoms. The van der Waals surface area contributed by atoms with E-state index in [9.17, 15) is 13.6 Å². The highest BCUT2D eigenvalue weighted by Crippen LogP contribution is 2.74. The Kier molecular flexibility index (Phi) is 7.04. The predicted octanol–water partition coefficient (Wildman–Crippen LogP) is 5.63. The predicted molar refractivity (Wildman–Crippen MR) is 132 cm³/mol. The molecule has 1 saturated carbocycles. The van der Waals surface area contributed by atoms with Gasteiger partial charge in [0.1, 0.15) is 24.8 Å². The Hall–Kier alpha value is -0.623. The summed E-state index contributed by atoms with van der Waals surface area (Å²) in [5, 5.41) is 2.65. The minimum absolute atomic E-state index is 0.0298. The Labute approximate surface area is 205 Å². The summed E-state index contributed by atoms with van der Waals surface area (Å²) in [6, 6.07) is 5.48. The van der Waals surface area contributed by atoms with Crippen LogP contribution in [0.25, 0.3) is 0 Å². The van der Waals surface area contributed by atoms with Crippen LogP contribution in [0.1, 0.15) is 5.56 Å². The van der Waals surface area contributed by atoms with Crippen LogP contribution in [-0.2, 0) is 15.0 Å². The fourth-order valence-electron chi connectivity index (χ4n) is 4.56. The third kappa shape index (κ3) is 4.64. The molecule has 1 aliphatic carbocycles. The van der Waals surface area contributed by atoms with E-state index in [1.165, 1.54) is 17.8 Å². The number of carbonyl (C=O) groups is 1. The van der Waals surface area contributed by atoms with Gasteiger partial charge < -0.3 is 9.47 Å². The number of fused-ring (bicyclic) bond motifs is 1. The average molecular weight is 566 g/mol. The number of hydrogen-bond donors (Lipinski definition) is 1. The summed E-state index contributed by atoms with van der Waals surface area (Å²) < 4.78 is 40.9. The lowest BCUT2D eigenvalue weighted by Crippen LogP contribution is -2.41. The number of rotatable bonds is 7. The van der Waals surface area contributed by atoms with Crippen molar-refractivity contribution in [3.8, 4) is 0 Å². The van der Waals surface area contributed by atoms with Gasteiger partial charge in [0.15, 0.2) is 0 Å². The molecule has 1 aromatic rings. The number of alkyl carbamates (subject to hydrolysis) is 1. The summed E-state index contributed by atoms with van der Waals surface area (Å²) in [6.45, 7) is 6.50. The fourth-order valence-corrected chi connectivity index (χ4v) is 9.28. The molecule has 1 unspecified atom stereocenters. The largest absolute Gasteiger partial charge is 0.416 e. The van der Waals surface area contributed by atoms with Crippen molar-refractivity contribution in [2.45, 2.75) is 36.0 Å². The topological polar surface area (TPSA) is 59.9 Å². The minimum Gasteiger partial charge on any atom is -0.385 e. The molecule has 2 aliphatic heterocycles. The maximum absolute atomic E-state index is 14.9. The van der Waals surface area contributed by atoms with Gasteiger partial charge in [-0.05, 0) is 35.9 Å². The molecule has 11 heteroatoms. The molecule has 1 aromatic carbocycles. The average Bonchev–Trinajstić information content (AvgIpc) is 3.18. The second-order valence-electron chi connectivity index (χ2n) is 9.65. The maximum Gasteiger partial charge on any atom is 0.416 e. The van der Waals surface area contributed by atoms with E-state index in [-0.39, 0.29) is 34.1 Å². The Morgan fingerprint density at radius 1 is 1.41 bits per heavy atom. The van der Waals surface area contributed by atoms with Gasteiger partial charge in [0.2, 0.25) is 0 Å². The maximum atomic E-state index is 14.9. The van der Waals surface area contributed by atoms with Crippen LogP contribution in [-0.4, -0.2) is 55.7 Å². The Balaban J connectivity index is 1.51. The zero-order valence-electron chi connectivity index (χ0n) is 18.3. The third-order valence-electron chi connectivity index (χ3n) is 6.25. The fraction of sp³-hybridized carbons (Fsp3) is 0.619. The lowest BCUT2D eigenvalue weighted by molar-refractivity contribution is 0.120. The quantitative estimate of drug-likeness (QED) is 0.264. The van der Waals surface area contributed by atoms with Gasteiger partial charge in [-0.3, -0.25) is 5.32 Å². The number of aliphatic imine (C=N–C) groups is 1. The zero-order valence-corrected chi connectivity index (χ0v) is 22.5. The first-order chi connectivity index (χ1) is 15.1. The van der Waals surface area contributed by atoms with Crippen molar-refractivity contribution in [2.75, 3.05) is 31.5 Å². The number of thioether (sulfide) groups is 2. The van der Waals surface area contributed by atoms with Crippen LogP contribution in [0.2, 0.25) is 25.7 Å². The van der Waals surface area contributed by atoms with Crippen LogP contribution in [0.3, 0.4) is 0 Å². The van der Waals surface area contributed by atoms with Crippen molar-refractivity contribution in [3.05, 3.63) is 34.1 Å². The summed E-state index contributed by atoms with van der Waals surface area (Å²) in [5.74, 6) is 1.23. The Bertz CT molecular complexity index is 935. The Morgan fingerprint density at radius 3 is 2.91 bits per heavy atom. The van der Waals surface area contributed by atoms with E-state index in [4.69, 9.17) is 9.47 Å². The van der Waals surface area contributed by atoms with E-state index in [2.05, 4.69) is 45.9 Å². The van der Waals surface area contributed by atoms with Crippen LogP contribution < -0.4 is 5.32 Å². The van der Waals surface area contributed by atoms with E-state index in [1.54, 1.807) is 23.9 Å². The normalized spacial score (nSPS) is 30.9. The lowest BCUT2D eigenvalue weighted by Gasteiger charge is -2.35. The van der Waals surface area contributed by atoms with E-state index in [0.29, 0.717) is 11.1 Å². The van der Waals surface area contributed by atoms with Crippen molar-refractivity contribution in [3.63, 3.8) is 0 Å². The number of alkyl halides is 1. The molecular weight excluding hydrogens is 538 g/mol. The van der Waals surface area contributed by atoms with Crippen LogP contribution in [0, 0.1) is 17.7 Å². The number of hydrogen-bond acceptors (Lipinski definition) is 6. The molecule has 2 heterocycles. The van der Waals surface area contributed by atoms with Gasteiger partial charge in [0, 0.05) is 41.1 Å². The molecule has 2 fully saturated rings. The molecule has 176 valence electrons. The molecule has 0 aromatic heterocycles. The molecule has 4 rings (SSSR count). The molecule has 1 N–H and O–H groups in total. The summed E-state index contributed by atoms with van der Waals surface area (Å²) in [6.07, 6.45) is -0.704. The van der Waals surface area contributed by atoms with Gasteiger partial charge >= 0.3 is 6.09 Å². The highest BCUT2D eigenvalue weighted by atomic mass is 79.9. The van der Waals surface area contributed by atoms with Crippen LogP contribution in [0.15, 0.2) is 27.7 Å². The standard InChI is InChI=1S/C21H27BrF2N2O3S2Si/c1-32(2,3)7-6-28-12-25-18(27)29-19-26-20(10-23,14-8-13(22)4-5-16(14)24)17-15-9-30-11-21(15,17)31-19/h4-5,8,15,17H,6-7,9-12H2,1-3H3,(H,25,27)/t15?,17-,20+,21-/m0/s1. The van der Waals surface area contributed by atoms with Gasteiger partial charge in [0.25, 0.3) is 5.23 Å². The molecule has 0 radical (unpaired) electrons. The minimum atomic E-state index is -1.39. The monoisotopic (exact) mass is 564 g/mol. The van der Waals surface area contributed by atoms with Gasteiger partial charge in [-0.2, -0.15) is 11.8 Å². The number of carbonyl (C=O) groups excluding carboxylic acids is 1. The van der Waals surface area contributed by atoms with Crippen molar-refractivity contribution in [2.24, 2.45) is 16.8 Å². The summed E-state index contributed by atoms with van der Waals surface area (Å²) in [5.41, 5.74) is -1.19. The zero-order chi connectivity index (χ0) is 23.1. The molecule has 5 nitrogen and oxygen atoms in total. The number of amides is 1. The first-order valence-electron chi connectivity index (χ1n) is 10.5. The van der Waals surface area contributed by atoms with Crippen molar-refractivity contribution >= 4 is 58.9 Å². The summed E-state index contributed by atoms with van der Waals surface area (Å²) in [4.78, 5) is 16.9. The molecular formula is C21H27BrF2N2O3S2Si. The van der Waals surface area contributed by atoms with E-state index < -0.39 is 32.2 Å². The van der Waals surface area contributed by atoms with Crippen molar-refractivity contribution < 1.29 is 23.0 Å². The molecule has 4 atom stereocenters. The number of benzene rings is 1. The van der Waals surface area contributed by atoms with Gasteiger partial charge in [-0.25, -0.2) is 18.6 Å². The second kappa shape index (κ2) is 9.20. The SMILES string of the molecule is C[Si](C)(C)CCOCNC(=O)OC1=N[C@](CF)(c2cc(Br)ccc2F)[C@@H]2C3CSC[C@]32S1. The number of nitrogens with zero attached hydrogens (tertiary/aromatic N) is 1. The molecule has 3 aliphatic rings. The third-order valence-corrected chi connectivity index (χ3v) is 11.3. The van der Waals surface area contributed by atoms with E-state index in [0.717, 1.165) is 17.5 Å².